The molecule has 15 heavy (non-hydrogen) atoms. The van der Waals surface area contributed by atoms with Gasteiger partial charge in [0, 0.05) is 39.4 Å². The smallest absolute Gasteiger partial charge is 0.0616 e. The molecule has 0 aliphatic heterocycles. The number of nitrogens with one attached hydrogen (secondary N) is 1. The molecule has 0 heterocycles. The zero-order valence-electron chi connectivity index (χ0n) is 10.6. The van der Waals surface area contributed by atoms with Gasteiger partial charge < -0.3 is 19.7 Å². The third kappa shape index (κ3) is 10.1. The van der Waals surface area contributed by atoms with Gasteiger partial charge in [0.1, 0.15) is 0 Å². The quantitative estimate of drug-likeness (QED) is 0.581. The van der Waals surface area contributed by atoms with Crippen molar-refractivity contribution in [2.24, 2.45) is 0 Å². The van der Waals surface area contributed by atoms with Crippen molar-refractivity contribution >= 4 is 0 Å². The van der Waals surface area contributed by atoms with Crippen molar-refractivity contribution in [3.8, 4) is 0 Å². The molecule has 0 aromatic rings. The highest BCUT2D eigenvalue weighted by Gasteiger charge is 2.01. The van der Waals surface area contributed by atoms with Gasteiger partial charge in [-0.15, -0.1) is 0 Å². The monoisotopic (exact) mass is 218 g/mol. The number of methoxy groups -OCH3 is 1. The minimum absolute atomic E-state index is 0.431. The van der Waals surface area contributed by atoms with Crippen molar-refractivity contribution in [1.29, 1.82) is 0 Å². The number of likely N-dealkylation sites (N-methyl/N-ethyl adjacent to an activating group) is 1. The molecule has 0 rings (SSSR count). The summed E-state index contributed by atoms with van der Waals surface area (Å²) in [5, 5.41) is 3.42. The lowest BCUT2D eigenvalue weighted by molar-refractivity contribution is 0.125. The topological polar surface area (TPSA) is 33.7 Å². The molecule has 0 saturated carbocycles. The lowest BCUT2D eigenvalue weighted by Gasteiger charge is -2.18. The first-order chi connectivity index (χ1) is 7.20. The van der Waals surface area contributed by atoms with Gasteiger partial charge in [-0.25, -0.2) is 0 Å². The van der Waals surface area contributed by atoms with Crippen LogP contribution < -0.4 is 5.32 Å². The molecule has 0 saturated heterocycles. The second-order valence-corrected chi connectivity index (χ2v) is 3.81. The second-order valence-electron chi connectivity index (χ2n) is 3.81. The first-order valence-electron chi connectivity index (χ1n) is 5.69. The van der Waals surface area contributed by atoms with Gasteiger partial charge in [-0.2, -0.15) is 0 Å². The van der Waals surface area contributed by atoms with Crippen LogP contribution in [0.25, 0.3) is 0 Å². The van der Waals surface area contributed by atoms with Crippen molar-refractivity contribution in [2.75, 3.05) is 53.6 Å². The van der Waals surface area contributed by atoms with E-state index in [1.807, 2.05) is 6.92 Å². The van der Waals surface area contributed by atoms with Gasteiger partial charge in [-0.1, -0.05) is 0 Å². The fourth-order valence-corrected chi connectivity index (χ4v) is 1.21. The first-order valence-corrected chi connectivity index (χ1v) is 5.69. The minimum atomic E-state index is 0.431. The minimum Gasteiger partial charge on any atom is -0.383 e. The van der Waals surface area contributed by atoms with Crippen LogP contribution in [-0.2, 0) is 9.47 Å². The summed E-state index contributed by atoms with van der Waals surface area (Å²) in [5.41, 5.74) is 0. The highest BCUT2D eigenvalue weighted by Crippen LogP contribution is 1.85. The Balaban J connectivity index is 3.27. The number of hydrogen-bond donors (Lipinski definition) is 1. The second kappa shape index (κ2) is 10.4. The maximum Gasteiger partial charge on any atom is 0.0616 e. The van der Waals surface area contributed by atoms with Gasteiger partial charge in [-0.05, 0) is 20.9 Å². The van der Waals surface area contributed by atoms with Crippen LogP contribution in [0.15, 0.2) is 0 Å². The lowest BCUT2D eigenvalue weighted by Crippen LogP contribution is -2.37. The van der Waals surface area contributed by atoms with E-state index in [4.69, 9.17) is 9.47 Å². The van der Waals surface area contributed by atoms with Crippen LogP contribution in [0.1, 0.15) is 13.8 Å². The zero-order valence-corrected chi connectivity index (χ0v) is 10.6. The summed E-state index contributed by atoms with van der Waals surface area (Å²) in [7, 11) is 3.84. The molecule has 0 aromatic carbocycles. The summed E-state index contributed by atoms with van der Waals surface area (Å²) in [5.74, 6) is 0. The third-order valence-corrected chi connectivity index (χ3v) is 2.24. The molecule has 1 unspecified atom stereocenters. The van der Waals surface area contributed by atoms with Crippen LogP contribution in [0.4, 0.5) is 0 Å². The molecule has 0 aliphatic rings. The van der Waals surface area contributed by atoms with E-state index in [0.717, 1.165) is 39.5 Å². The molecule has 4 heteroatoms. The summed E-state index contributed by atoms with van der Waals surface area (Å²) in [6, 6.07) is 0.431. The third-order valence-electron chi connectivity index (χ3n) is 2.24. The zero-order chi connectivity index (χ0) is 11.5. The lowest BCUT2D eigenvalue weighted by atomic mass is 10.3. The Hall–Kier alpha value is -0.160. The Morgan fingerprint density at radius 1 is 1.33 bits per heavy atom. The maximum atomic E-state index is 5.32. The molecule has 0 amide bonds. The van der Waals surface area contributed by atoms with Crippen LogP contribution in [-0.4, -0.2) is 64.6 Å². The largest absolute Gasteiger partial charge is 0.383 e. The van der Waals surface area contributed by atoms with E-state index >= 15 is 0 Å². The highest BCUT2D eigenvalue weighted by molar-refractivity contribution is 4.61. The van der Waals surface area contributed by atoms with Crippen LogP contribution in [0.5, 0.6) is 0 Å². The average Bonchev–Trinajstić information content (AvgIpc) is 2.23. The summed E-state index contributed by atoms with van der Waals surface area (Å²) in [6.07, 6.45) is 0. The molecule has 1 N–H and O–H groups in total. The number of rotatable bonds is 10. The standard InChI is InChI=1S/C11H26N2O2/c1-5-15-10-11(2)12-6-7-13(3)8-9-14-4/h11-12H,5-10H2,1-4H3. The normalized spacial score (nSPS) is 13.4. The summed E-state index contributed by atoms with van der Waals surface area (Å²) in [4.78, 5) is 2.25. The van der Waals surface area contributed by atoms with Crippen LogP contribution >= 0.6 is 0 Å². The SMILES string of the molecule is CCOCC(C)NCCN(C)CCOC. The number of ether oxygens (including phenoxy) is 2. The first kappa shape index (κ1) is 14.8. The molecule has 0 bridgehead atoms. The van der Waals surface area contributed by atoms with E-state index in [2.05, 4.69) is 24.2 Å². The van der Waals surface area contributed by atoms with Gasteiger partial charge in [0.2, 0.25) is 0 Å². The summed E-state index contributed by atoms with van der Waals surface area (Å²) >= 11 is 0. The molecule has 1 atom stereocenters. The van der Waals surface area contributed by atoms with Gasteiger partial charge in [-0.3, -0.25) is 0 Å². The van der Waals surface area contributed by atoms with E-state index < -0.39 is 0 Å². The van der Waals surface area contributed by atoms with Gasteiger partial charge in [0.05, 0.1) is 13.2 Å². The molecule has 0 fully saturated rings. The number of nitrogens with zero attached hydrogens (tertiary/aromatic N) is 1. The van der Waals surface area contributed by atoms with Crippen molar-refractivity contribution in [3.63, 3.8) is 0 Å². The van der Waals surface area contributed by atoms with E-state index in [1.165, 1.54) is 0 Å². The van der Waals surface area contributed by atoms with Crippen molar-refractivity contribution in [2.45, 2.75) is 19.9 Å². The molecule has 0 aromatic heterocycles. The molecule has 4 nitrogen and oxygen atoms in total. The van der Waals surface area contributed by atoms with Gasteiger partial charge in [0.25, 0.3) is 0 Å². The predicted octanol–water partition coefficient (Wildman–Crippen LogP) is 0.579. The molecule has 0 radical (unpaired) electrons. The van der Waals surface area contributed by atoms with Crippen molar-refractivity contribution < 1.29 is 9.47 Å². The Labute approximate surface area is 93.9 Å². The maximum absolute atomic E-state index is 5.32. The molecular weight excluding hydrogens is 192 g/mol. The van der Waals surface area contributed by atoms with Gasteiger partial charge >= 0.3 is 0 Å². The van der Waals surface area contributed by atoms with E-state index in [1.54, 1.807) is 7.11 Å². The predicted molar refractivity (Wildman–Crippen MR) is 63.3 cm³/mol. The van der Waals surface area contributed by atoms with E-state index in [0.29, 0.717) is 6.04 Å². The van der Waals surface area contributed by atoms with Gasteiger partial charge in [0.15, 0.2) is 0 Å². The Bertz CT molecular complexity index is 120. The fraction of sp³-hybridized carbons (Fsp3) is 1.00. The van der Waals surface area contributed by atoms with E-state index in [9.17, 15) is 0 Å². The van der Waals surface area contributed by atoms with E-state index in [-0.39, 0.29) is 0 Å². The highest BCUT2D eigenvalue weighted by atomic mass is 16.5. The Morgan fingerprint density at radius 2 is 2.07 bits per heavy atom. The van der Waals surface area contributed by atoms with Crippen molar-refractivity contribution in [3.05, 3.63) is 0 Å². The Kier molecular flexibility index (Phi) is 10.3. The average molecular weight is 218 g/mol. The Morgan fingerprint density at radius 3 is 2.67 bits per heavy atom. The number of hydrogen-bond acceptors (Lipinski definition) is 4. The van der Waals surface area contributed by atoms with Crippen LogP contribution in [0.3, 0.4) is 0 Å². The van der Waals surface area contributed by atoms with Crippen molar-refractivity contribution in [1.82, 2.24) is 10.2 Å². The molecular formula is C11H26N2O2. The van der Waals surface area contributed by atoms with Crippen LogP contribution in [0.2, 0.25) is 0 Å². The van der Waals surface area contributed by atoms with Crippen LogP contribution in [0, 0.1) is 0 Å². The molecule has 92 valence electrons. The fourth-order valence-electron chi connectivity index (χ4n) is 1.21. The summed E-state index contributed by atoms with van der Waals surface area (Å²) < 4.78 is 10.3. The summed E-state index contributed by atoms with van der Waals surface area (Å²) in [6.45, 7) is 9.56. The molecule has 0 spiro atoms. The molecule has 0 aliphatic carbocycles.